The molecule has 0 radical (unpaired) electrons. The number of amides is 1. The molecule has 3 aromatic rings. The second-order valence-electron chi connectivity index (χ2n) is 11.9. The van der Waals surface area contributed by atoms with Crippen molar-refractivity contribution in [1.82, 2.24) is 10.3 Å². The highest BCUT2D eigenvalue weighted by Crippen LogP contribution is 2.40. The number of nitrogens with one attached hydrogen (secondary N) is 1. The van der Waals surface area contributed by atoms with Gasteiger partial charge in [0.1, 0.15) is 5.52 Å². The van der Waals surface area contributed by atoms with Gasteiger partial charge in [0.05, 0.1) is 11.2 Å². The molecule has 0 spiro atoms. The van der Waals surface area contributed by atoms with Crippen LogP contribution in [0.1, 0.15) is 82.6 Å². The topological polar surface area (TPSA) is 99.6 Å². The van der Waals surface area contributed by atoms with Crippen LogP contribution in [0.5, 0.6) is 0 Å². The zero-order chi connectivity index (χ0) is 27.2. The monoisotopic (exact) mass is 515 g/mol. The Balaban J connectivity index is 1.18. The first-order valence-corrected chi connectivity index (χ1v) is 13.6. The molecule has 1 amide bonds. The molecule has 8 heteroatoms. The fraction of sp³-hybridized carbons (Fsp3) is 0.467. The van der Waals surface area contributed by atoms with Crippen molar-refractivity contribution in [3.8, 4) is 11.5 Å². The largest absolute Gasteiger partial charge is 0.490 e. The van der Waals surface area contributed by atoms with E-state index in [0.29, 0.717) is 29.6 Å². The van der Waals surface area contributed by atoms with Crippen LogP contribution < -0.4 is 11.1 Å². The van der Waals surface area contributed by atoms with Gasteiger partial charge in [0.2, 0.25) is 5.89 Å². The minimum atomic E-state index is -0.329. The Morgan fingerprint density at radius 1 is 1.13 bits per heavy atom. The summed E-state index contributed by atoms with van der Waals surface area (Å²) in [5.74, 6) is 1.10. The van der Waals surface area contributed by atoms with E-state index in [4.69, 9.17) is 19.5 Å². The number of nitrogens with two attached hydrogens (primary N) is 1. The van der Waals surface area contributed by atoms with Crippen LogP contribution in [0.25, 0.3) is 22.6 Å². The maximum atomic E-state index is 12.8. The van der Waals surface area contributed by atoms with Crippen LogP contribution in [-0.4, -0.2) is 35.8 Å². The van der Waals surface area contributed by atoms with Crippen molar-refractivity contribution in [2.24, 2.45) is 5.92 Å². The van der Waals surface area contributed by atoms with Crippen molar-refractivity contribution in [3.05, 3.63) is 59.1 Å². The van der Waals surface area contributed by atoms with E-state index in [1.807, 2.05) is 36.4 Å². The van der Waals surface area contributed by atoms with Crippen LogP contribution in [-0.2, 0) is 9.31 Å². The number of anilines is 1. The molecule has 1 atom stereocenters. The number of hydrogen-bond acceptors (Lipinski definition) is 6. The fourth-order valence-electron chi connectivity index (χ4n) is 5.04. The highest BCUT2D eigenvalue weighted by Gasteiger charge is 2.52. The SMILES string of the molecule is CC(C)c1cc(N)cc2nc(-c3ccc(C(=O)NCC4CC=C(B5OC(C)(C)C(C)(C)O5)CC4)cc3)oc12. The first-order valence-electron chi connectivity index (χ1n) is 13.6. The smallest absolute Gasteiger partial charge is 0.436 e. The third kappa shape index (κ3) is 5.12. The molecule has 200 valence electrons. The van der Waals surface area contributed by atoms with Gasteiger partial charge >= 0.3 is 7.12 Å². The zero-order valence-corrected chi connectivity index (χ0v) is 23.3. The Kier molecular flexibility index (Phi) is 6.90. The molecule has 5 rings (SSSR count). The number of nitrogen functional groups attached to an aromatic ring is 1. The van der Waals surface area contributed by atoms with Crippen molar-refractivity contribution in [1.29, 1.82) is 0 Å². The Morgan fingerprint density at radius 3 is 2.42 bits per heavy atom. The molecule has 1 unspecified atom stereocenters. The summed E-state index contributed by atoms with van der Waals surface area (Å²) in [6, 6.07) is 11.1. The second-order valence-corrected chi connectivity index (χ2v) is 11.9. The van der Waals surface area contributed by atoms with Crippen molar-refractivity contribution < 1.29 is 18.5 Å². The first-order chi connectivity index (χ1) is 17.9. The summed E-state index contributed by atoms with van der Waals surface area (Å²) in [5.41, 5.74) is 11.3. The van der Waals surface area contributed by atoms with Gasteiger partial charge in [-0.1, -0.05) is 19.9 Å². The van der Waals surface area contributed by atoms with E-state index in [9.17, 15) is 4.79 Å². The summed E-state index contributed by atoms with van der Waals surface area (Å²) in [7, 11) is -0.274. The normalized spacial score (nSPS) is 20.7. The predicted octanol–water partition coefficient (Wildman–Crippen LogP) is 6.29. The minimum absolute atomic E-state index is 0.0790. The lowest BCUT2D eigenvalue weighted by molar-refractivity contribution is 0.00578. The molecule has 2 aromatic carbocycles. The molecule has 1 saturated heterocycles. The average Bonchev–Trinajstić information content (AvgIpc) is 3.39. The lowest BCUT2D eigenvalue weighted by atomic mass is 9.70. The molecule has 1 aliphatic carbocycles. The lowest BCUT2D eigenvalue weighted by Gasteiger charge is -2.32. The number of carbonyl (C=O) groups is 1. The van der Waals surface area contributed by atoms with E-state index < -0.39 is 0 Å². The molecular weight excluding hydrogens is 477 g/mol. The van der Waals surface area contributed by atoms with Gasteiger partial charge in [0.25, 0.3) is 5.91 Å². The molecule has 7 nitrogen and oxygen atoms in total. The summed E-state index contributed by atoms with van der Waals surface area (Å²) in [4.78, 5) is 17.5. The summed E-state index contributed by atoms with van der Waals surface area (Å²) < 4.78 is 18.5. The van der Waals surface area contributed by atoms with Crippen LogP contribution in [0.3, 0.4) is 0 Å². The van der Waals surface area contributed by atoms with Crippen LogP contribution in [0.15, 0.2) is 52.4 Å². The fourth-order valence-corrected chi connectivity index (χ4v) is 5.04. The summed E-state index contributed by atoms with van der Waals surface area (Å²) in [5, 5.41) is 3.10. The molecule has 1 fully saturated rings. The van der Waals surface area contributed by atoms with Crippen molar-refractivity contribution in [2.45, 2.75) is 77.9 Å². The Labute approximate surface area is 225 Å². The van der Waals surface area contributed by atoms with Gasteiger partial charge in [-0.05, 0) is 101 Å². The maximum absolute atomic E-state index is 12.8. The number of nitrogens with zero attached hydrogens (tertiary/aromatic N) is 1. The number of allylic oxidation sites excluding steroid dienone is 2. The van der Waals surface area contributed by atoms with E-state index >= 15 is 0 Å². The van der Waals surface area contributed by atoms with Gasteiger partial charge < -0.3 is 24.8 Å². The molecule has 2 heterocycles. The minimum Gasteiger partial charge on any atom is -0.436 e. The number of carbonyl (C=O) groups excluding carboxylic acids is 1. The molecule has 0 saturated carbocycles. The van der Waals surface area contributed by atoms with E-state index in [0.717, 1.165) is 41.5 Å². The number of aromatic nitrogens is 1. The quantitative estimate of drug-likeness (QED) is 0.296. The summed E-state index contributed by atoms with van der Waals surface area (Å²) in [6.07, 6.45) is 5.05. The van der Waals surface area contributed by atoms with Gasteiger partial charge in [-0.25, -0.2) is 4.98 Å². The van der Waals surface area contributed by atoms with Crippen molar-refractivity contribution in [2.75, 3.05) is 12.3 Å². The molecule has 1 aromatic heterocycles. The van der Waals surface area contributed by atoms with E-state index in [-0.39, 0.29) is 30.1 Å². The second kappa shape index (κ2) is 9.90. The van der Waals surface area contributed by atoms with Crippen LogP contribution >= 0.6 is 0 Å². The van der Waals surface area contributed by atoms with Crippen molar-refractivity contribution in [3.63, 3.8) is 0 Å². The third-order valence-corrected chi connectivity index (χ3v) is 8.22. The Hall–Kier alpha value is -3.10. The molecular formula is C30H38BN3O4. The third-order valence-electron chi connectivity index (χ3n) is 8.22. The van der Waals surface area contributed by atoms with Crippen LogP contribution in [0.2, 0.25) is 0 Å². The van der Waals surface area contributed by atoms with Gasteiger partial charge in [-0.2, -0.15) is 0 Å². The first kappa shape index (κ1) is 26.5. The van der Waals surface area contributed by atoms with Gasteiger partial charge in [-0.3, -0.25) is 4.79 Å². The number of benzene rings is 2. The number of fused-ring (bicyclic) bond motifs is 1. The van der Waals surface area contributed by atoms with Gasteiger partial charge in [0.15, 0.2) is 5.58 Å². The van der Waals surface area contributed by atoms with E-state index in [1.165, 1.54) is 5.47 Å². The highest BCUT2D eigenvalue weighted by molar-refractivity contribution is 6.54. The average molecular weight is 515 g/mol. The van der Waals surface area contributed by atoms with Crippen LogP contribution in [0, 0.1) is 5.92 Å². The van der Waals surface area contributed by atoms with Crippen molar-refractivity contribution >= 4 is 29.8 Å². The van der Waals surface area contributed by atoms with E-state index in [1.54, 1.807) is 0 Å². The molecule has 2 aliphatic rings. The highest BCUT2D eigenvalue weighted by atomic mass is 16.7. The van der Waals surface area contributed by atoms with Gasteiger partial charge in [0, 0.05) is 28.9 Å². The van der Waals surface area contributed by atoms with Gasteiger partial charge in [-0.15, -0.1) is 0 Å². The standard InChI is InChI=1S/C30H38BN3O4/c1-18(2)24-15-23(32)16-25-26(24)36-28(34-25)21-11-9-20(10-12-21)27(35)33-17-19-7-13-22(14-8-19)31-37-29(3,4)30(5,6)38-31/h9-13,15-16,18-19H,7-8,14,17,32H2,1-6H3,(H,33,35). The lowest BCUT2D eigenvalue weighted by Crippen LogP contribution is -2.41. The summed E-state index contributed by atoms with van der Waals surface area (Å²) in [6.45, 7) is 13.2. The Morgan fingerprint density at radius 2 is 1.82 bits per heavy atom. The Bertz CT molecular complexity index is 1360. The summed E-state index contributed by atoms with van der Waals surface area (Å²) >= 11 is 0. The van der Waals surface area contributed by atoms with Crippen LogP contribution in [0.4, 0.5) is 5.69 Å². The molecule has 1 aliphatic heterocycles. The maximum Gasteiger partial charge on any atom is 0.490 e. The zero-order valence-electron chi connectivity index (χ0n) is 23.3. The van der Waals surface area contributed by atoms with E-state index in [2.05, 4.69) is 57.9 Å². The molecule has 38 heavy (non-hydrogen) atoms. The molecule has 3 N–H and O–H groups in total. The predicted molar refractivity (Wildman–Crippen MR) is 152 cm³/mol. The molecule has 0 bridgehead atoms. The number of hydrogen-bond donors (Lipinski definition) is 2. The number of rotatable bonds is 6. The number of oxazole rings is 1.